The Bertz CT molecular complexity index is 900. The molecule has 0 fully saturated rings. The fraction of sp³-hybridized carbons (Fsp3) is 0.278. The Morgan fingerprint density at radius 2 is 1.88 bits per heavy atom. The van der Waals surface area contributed by atoms with Crippen LogP contribution in [0, 0.1) is 19.7 Å². The van der Waals surface area contributed by atoms with Crippen molar-refractivity contribution in [3.8, 4) is 5.69 Å². The van der Waals surface area contributed by atoms with E-state index >= 15 is 0 Å². The van der Waals surface area contributed by atoms with E-state index < -0.39 is 0 Å². The van der Waals surface area contributed by atoms with Gasteiger partial charge in [-0.3, -0.25) is 4.79 Å². The number of hydrogen-bond donors (Lipinski definition) is 0. The van der Waals surface area contributed by atoms with E-state index in [0.717, 1.165) is 4.88 Å². The molecule has 0 unspecified atom stereocenters. The second kappa shape index (κ2) is 6.76. The van der Waals surface area contributed by atoms with Gasteiger partial charge in [-0.25, -0.2) is 14.1 Å². The van der Waals surface area contributed by atoms with Crippen LogP contribution in [0.15, 0.2) is 36.4 Å². The molecule has 1 atom stereocenters. The summed E-state index contributed by atoms with van der Waals surface area (Å²) in [5.41, 5.74) is 0.662. The largest absolute Gasteiger partial charge is 0.331 e. The Labute approximate surface area is 149 Å². The van der Waals surface area contributed by atoms with Crippen LogP contribution in [-0.2, 0) is 0 Å². The number of amides is 1. The molecule has 0 aliphatic carbocycles. The van der Waals surface area contributed by atoms with E-state index in [1.807, 2.05) is 26.0 Å². The van der Waals surface area contributed by atoms with Crippen molar-refractivity contribution in [1.82, 2.24) is 19.7 Å². The molecule has 25 heavy (non-hydrogen) atoms. The lowest BCUT2D eigenvalue weighted by molar-refractivity contribution is 0.0732. The van der Waals surface area contributed by atoms with Crippen LogP contribution in [0.4, 0.5) is 4.39 Å². The molecule has 2 heterocycles. The summed E-state index contributed by atoms with van der Waals surface area (Å²) in [6.07, 6.45) is 0. The van der Waals surface area contributed by atoms with E-state index in [9.17, 15) is 9.18 Å². The summed E-state index contributed by atoms with van der Waals surface area (Å²) >= 11 is 1.67. The molecule has 0 saturated carbocycles. The maximum atomic E-state index is 13.1. The van der Waals surface area contributed by atoms with Gasteiger partial charge in [-0.2, -0.15) is 0 Å². The van der Waals surface area contributed by atoms with Gasteiger partial charge in [-0.1, -0.05) is 0 Å². The highest BCUT2D eigenvalue weighted by Crippen LogP contribution is 2.27. The van der Waals surface area contributed by atoms with Crippen LogP contribution in [0.2, 0.25) is 0 Å². The van der Waals surface area contributed by atoms with Crippen LogP contribution in [0.3, 0.4) is 0 Å². The fourth-order valence-electron chi connectivity index (χ4n) is 2.51. The summed E-state index contributed by atoms with van der Waals surface area (Å²) in [6.45, 7) is 5.78. The lowest BCUT2D eigenvalue weighted by Crippen LogP contribution is -2.30. The van der Waals surface area contributed by atoms with Crippen LogP contribution < -0.4 is 0 Å². The van der Waals surface area contributed by atoms with Gasteiger partial charge in [0.05, 0.1) is 11.7 Å². The molecule has 1 aromatic carbocycles. The van der Waals surface area contributed by atoms with Crippen LogP contribution in [0.5, 0.6) is 0 Å². The molecule has 130 valence electrons. The molecule has 7 heteroatoms. The van der Waals surface area contributed by atoms with E-state index in [1.165, 1.54) is 17.0 Å². The molecular weight excluding hydrogens is 339 g/mol. The van der Waals surface area contributed by atoms with Crippen molar-refractivity contribution in [3.05, 3.63) is 63.6 Å². The minimum atomic E-state index is -0.322. The Morgan fingerprint density at radius 1 is 1.20 bits per heavy atom. The average Bonchev–Trinajstić information content (AvgIpc) is 3.19. The fourth-order valence-corrected chi connectivity index (χ4v) is 3.48. The van der Waals surface area contributed by atoms with Crippen molar-refractivity contribution < 1.29 is 9.18 Å². The van der Waals surface area contributed by atoms with Crippen LogP contribution in [-0.4, -0.2) is 32.6 Å². The smallest absolute Gasteiger partial charge is 0.293 e. The molecule has 0 spiro atoms. The van der Waals surface area contributed by atoms with Gasteiger partial charge in [0.1, 0.15) is 11.6 Å². The number of carbonyl (C=O) groups is 1. The molecule has 3 aromatic rings. The molecule has 0 bridgehead atoms. The number of benzene rings is 1. The number of thiophene rings is 1. The predicted molar refractivity (Wildman–Crippen MR) is 95.6 cm³/mol. The third-order valence-corrected chi connectivity index (χ3v) is 5.28. The number of halogens is 1. The van der Waals surface area contributed by atoms with Gasteiger partial charge < -0.3 is 4.90 Å². The summed E-state index contributed by atoms with van der Waals surface area (Å²) in [5, 5.41) is 4.31. The number of aryl methyl sites for hydroxylation is 2. The quantitative estimate of drug-likeness (QED) is 0.710. The van der Waals surface area contributed by atoms with E-state index in [4.69, 9.17) is 0 Å². The maximum Gasteiger partial charge on any atom is 0.293 e. The summed E-state index contributed by atoms with van der Waals surface area (Å²) in [4.78, 5) is 21.0. The first kappa shape index (κ1) is 17.3. The van der Waals surface area contributed by atoms with Crippen LogP contribution >= 0.6 is 11.3 Å². The zero-order valence-corrected chi connectivity index (χ0v) is 15.3. The predicted octanol–water partition coefficient (Wildman–Crippen LogP) is 3.92. The third-order valence-electron chi connectivity index (χ3n) is 4.11. The summed E-state index contributed by atoms with van der Waals surface area (Å²) in [5.74, 6) is 0.132. The zero-order valence-electron chi connectivity index (χ0n) is 14.5. The summed E-state index contributed by atoms with van der Waals surface area (Å²) in [7, 11) is 1.75. The number of hydrogen-bond acceptors (Lipinski definition) is 4. The van der Waals surface area contributed by atoms with E-state index in [2.05, 4.69) is 10.1 Å². The molecule has 1 amide bonds. The van der Waals surface area contributed by atoms with E-state index in [-0.39, 0.29) is 23.6 Å². The lowest BCUT2D eigenvalue weighted by atomic mass is 10.2. The molecule has 0 aliphatic heterocycles. The molecule has 2 aromatic heterocycles. The monoisotopic (exact) mass is 358 g/mol. The standard InChI is InChI=1S/C18H19FN4OS/c1-11-5-10-16(25-11)12(2)22(4)18(24)17-20-13(3)23(21-17)15-8-6-14(19)7-9-15/h5-10,12H,1-4H3/t12-/m1/s1. The normalized spacial score (nSPS) is 12.2. The molecule has 0 aliphatic rings. The van der Waals surface area contributed by atoms with Crippen molar-refractivity contribution in [1.29, 1.82) is 0 Å². The highest BCUT2D eigenvalue weighted by atomic mass is 32.1. The SMILES string of the molecule is Cc1ccc([C@@H](C)N(C)C(=O)c2nc(C)n(-c3ccc(F)cc3)n2)s1. The summed E-state index contributed by atoms with van der Waals surface area (Å²) < 4.78 is 14.6. The van der Waals surface area contributed by atoms with Gasteiger partial charge in [0.25, 0.3) is 5.91 Å². The van der Waals surface area contributed by atoms with Gasteiger partial charge in [0, 0.05) is 16.8 Å². The number of rotatable bonds is 4. The maximum absolute atomic E-state index is 13.1. The van der Waals surface area contributed by atoms with Crippen molar-refractivity contribution in [2.75, 3.05) is 7.05 Å². The molecule has 0 N–H and O–H groups in total. The first-order valence-corrected chi connectivity index (χ1v) is 8.71. The molecular formula is C18H19FN4OS. The Morgan fingerprint density at radius 3 is 2.48 bits per heavy atom. The first-order valence-electron chi connectivity index (χ1n) is 7.90. The number of aromatic nitrogens is 3. The average molecular weight is 358 g/mol. The van der Waals surface area contributed by atoms with Crippen molar-refractivity contribution in [2.24, 2.45) is 0 Å². The van der Waals surface area contributed by atoms with Crippen molar-refractivity contribution >= 4 is 17.2 Å². The number of carbonyl (C=O) groups excluding carboxylic acids is 1. The summed E-state index contributed by atoms with van der Waals surface area (Å²) in [6, 6.07) is 9.92. The molecule has 5 nitrogen and oxygen atoms in total. The lowest BCUT2D eigenvalue weighted by Gasteiger charge is -2.22. The van der Waals surface area contributed by atoms with Gasteiger partial charge in [0.15, 0.2) is 0 Å². The Hall–Kier alpha value is -2.54. The van der Waals surface area contributed by atoms with Gasteiger partial charge in [-0.15, -0.1) is 16.4 Å². The van der Waals surface area contributed by atoms with E-state index in [1.54, 1.807) is 47.0 Å². The second-order valence-electron chi connectivity index (χ2n) is 5.91. The van der Waals surface area contributed by atoms with Crippen molar-refractivity contribution in [3.63, 3.8) is 0 Å². The van der Waals surface area contributed by atoms with Crippen LogP contribution in [0.25, 0.3) is 5.69 Å². The van der Waals surface area contributed by atoms with Crippen LogP contribution in [0.1, 0.15) is 39.2 Å². The third kappa shape index (κ3) is 3.46. The minimum Gasteiger partial charge on any atom is -0.331 e. The zero-order chi connectivity index (χ0) is 18.1. The molecule has 3 rings (SSSR count). The topological polar surface area (TPSA) is 51.0 Å². The Kier molecular flexibility index (Phi) is 4.67. The van der Waals surface area contributed by atoms with Gasteiger partial charge in [-0.05, 0) is 57.2 Å². The second-order valence-corrected chi connectivity index (χ2v) is 7.23. The van der Waals surface area contributed by atoms with Crippen molar-refractivity contribution in [2.45, 2.75) is 26.8 Å². The first-order chi connectivity index (χ1) is 11.9. The number of nitrogens with zero attached hydrogens (tertiary/aromatic N) is 4. The van der Waals surface area contributed by atoms with E-state index in [0.29, 0.717) is 11.5 Å². The van der Waals surface area contributed by atoms with Gasteiger partial charge >= 0.3 is 0 Å². The molecule has 0 saturated heterocycles. The highest BCUT2D eigenvalue weighted by molar-refractivity contribution is 7.12. The van der Waals surface area contributed by atoms with Gasteiger partial charge in [0.2, 0.25) is 5.82 Å². The Balaban J connectivity index is 1.85. The minimum absolute atomic E-state index is 0.0655. The molecule has 0 radical (unpaired) electrons. The highest BCUT2D eigenvalue weighted by Gasteiger charge is 2.24.